The number of rotatable bonds is 6. The summed E-state index contributed by atoms with van der Waals surface area (Å²) >= 11 is 0. The van der Waals surface area contributed by atoms with Crippen molar-refractivity contribution >= 4 is 5.69 Å². The van der Waals surface area contributed by atoms with Gasteiger partial charge in [0.05, 0.1) is 11.8 Å². The predicted molar refractivity (Wildman–Crippen MR) is 62.4 cm³/mol. The average molecular weight is 223 g/mol. The molecule has 0 heterocycles. The second kappa shape index (κ2) is 6.66. The standard InChI is InChI=1S/C11H17N3O2/c1-3-9-14(15)13-12-10-5-7-11(8-6-10)16-4-2/h5-8,12H,3-4,9H2,1-2H3. The Balaban J connectivity index is 2.51. The van der Waals surface area contributed by atoms with Gasteiger partial charge in [-0.2, -0.15) is 4.86 Å². The lowest BCUT2D eigenvalue weighted by Crippen LogP contribution is -2.04. The molecule has 1 rings (SSSR count). The van der Waals surface area contributed by atoms with Gasteiger partial charge in [-0.1, -0.05) is 6.92 Å². The molecule has 0 atom stereocenters. The van der Waals surface area contributed by atoms with Gasteiger partial charge in [-0.05, 0) is 37.6 Å². The van der Waals surface area contributed by atoms with E-state index in [2.05, 4.69) is 10.6 Å². The zero-order valence-electron chi connectivity index (χ0n) is 9.64. The highest BCUT2D eigenvalue weighted by molar-refractivity contribution is 5.45. The zero-order valence-corrected chi connectivity index (χ0v) is 9.64. The van der Waals surface area contributed by atoms with Crippen molar-refractivity contribution in [2.75, 3.05) is 18.6 Å². The minimum atomic E-state index is 0.393. The van der Waals surface area contributed by atoms with E-state index >= 15 is 0 Å². The fraction of sp³-hybridized carbons (Fsp3) is 0.455. The van der Waals surface area contributed by atoms with Gasteiger partial charge >= 0.3 is 0 Å². The lowest BCUT2D eigenvalue weighted by atomic mass is 10.3. The van der Waals surface area contributed by atoms with Crippen molar-refractivity contribution in [3.63, 3.8) is 0 Å². The van der Waals surface area contributed by atoms with Crippen LogP contribution in [0.2, 0.25) is 0 Å². The molecule has 0 radical (unpaired) electrons. The molecule has 0 fully saturated rings. The van der Waals surface area contributed by atoms with Gasteiger partial charge in [-0.25, -0.2) is 0 Å². The predicted octanol–water partition coefficient (Wildman–Crippen LogP) is 2.78. The van der Waals surface area contributed by atoms with Gasteiger partial charge in [0.2, 0.25) is 0 Å². The fourth-order valence-corrected chi connectivity index (χ4v) is 1.15. The van der Waals surface area contributed by atoms with Crippen molar-refractivity contribution in [2.24, 2.45) is 5.22 Å². The van der Waals surface area contributed by atoms with Gasteiger partial charge < -0.3 is 9.94 Å². The van der Waals surface area contributed by atoms with Crippen molar-refractivity contribution in [3.05, 3.63) is 29.5 Å². The van der Waals surface area contributed by atoms with Crippen LogP contribution < -0.4 is 10.2 Å². The molecule has 0 aromatic heterocycles. The number of benzene rings is 1. The average Bonchev–Trinajstić information content (AvgIpc) is 2.29. The summed E-state index contributed by atoms with van der Waals surface area (Å²) in [7, 11) is 0. The van der Waals surface area contributed by atoms with Crippen LogP contribution in [0.15, 0.2) is 29.5 Å². The molecule has 5 nitrogen and oxygen atoms in total. The topological polar surface area (TPSA) is 59.7 Å². The molecule has 0 amide bonds. The third-order valence-corrected chi connectivity index (χ3v) is 1.87. The van der Waals surface area contributed by atoms with Gasteiger partial charge in [0.25, 0.3) is 0 Å². The molecular weight excluding hydrogens is 206 g/mol. The highest BCUT2D eigenvalue weighted by Gasteiger charge is 1.97. The Bertz CT molecular complexity index is 336. The molecule has 88 valence electrons. The summed E-state index contributed by atoms with van der Waals surface area (Å²) in [5.74, 6) is 0.806. The molecule has 0 aliphatic carbocycles. The van der Waals surface area contributed by atoms with Gasteiger partial charge in [0, 0.05) is 0 Å². The maximum Gasteiger partial charge on any atom is 0.147 e. The molecule has 1 N–H and O–H groups in total. The van der Waals surface area contributed by atoms with E-state index in [4.69, 9.17) is 4.74 Å². The second-order valence-electron chi connectivity index (χ2n) is 3.24. The van der Waals surface area contributed by atoms with E-state index < -0.39 is 0 Å². The first-order valence-electron chi connectivity index (χ1n) is 5.40. The Kier molecular flexibility index (Phi) is 5.11. The first-order valence-corrected chi connectivity index (χ1v) is 5.40. The number of hydrogen-bond donors (Lipinski definition) is 1. The summed E-state index contributed by atoms with van der Waals surface area (Å²) in [6.45, 7) is 4.89. The molecule has 0 aliphatic rings. The van der Waals surface area contributed by atoms with Crippen molar-refractivity contribution in [2.45, 2.75) is 20.3 Å². The minimum absolute atomic E-state index is 0.393. The molecule has 1 aromatic rings. The Hall–Kier alpha value is -1.78. The molecule has 0 bridgehead atoms. The van der Waals surface area contributed by atoms with Gasteiger partial charge in [0.15, 0.2) is 0 Å². The highest BCUT2D eigenvalue weighted by atomic mass is 16.5. The smallest absolute Gasteiger partial charge is 0.147 e. The van der Waals surface area contributed by atoms with E-state index in [0.717, 1.165) is 17.9 Å². The maximum atomic E-state index is 11.0. The van der Waals surface area contributed by atoms with Crippen molar-refractivity contribution in [3.8, 4) is 5.75 Å². The van der Waals surface area contributed by atoms with E-state index in [1.165, 1.54) is 0 Å². The van der Waals surface area contributed by atoms with Crippen LogP contribution in [0.5, 0.6) is 5.75 Å². The van der Waals surface area contributed by atoms with Crippen LogP contribution >= 0.6 is 0 Å². The molecule has 0 saturated heterocycles. The van der Waals surface area contributed by atoms with Crippen LogP contribution in [-0.2, 0) is 0 Å². The molecule has 16 heavy (non-hydrogen) atoms. The number of nitrogens with zero attached hydrogens (tertiary/aromatic N) is 2. The molecule has 0 unspecified atom stereocenters. The van der Waals surface area contributed by atoms with Crippen LogP contribution in [0, 0.1) is 5.21 Å². The normalized spacial score (nSPS) is 11.2. The first kappa shape index (κ1) is 12.3. The van der Waals surface area contributed by atoms with Crippen LogP contribution in [0.1, 0.15) is 20.3 Å². The van der Waals surface area contributed by atoms with Crippen LogP contribution in [0.4, 0.5) is 5.69 Å². The van der Waals surface area contributed by atoms with E-state index in [1.807, 2.05) is 38.1 Å². The van der Waals surface area contributed by atoms with E-state index in [1.54, 1.807) is 0 Å². The summed E-state index contributed by atoms with van der Waals surface area (Å²) < 4.78 is 5.29. The first-order chi connectivity index (χ1) is 7.76. The number of hydroxylamine groups is 1. The molecule has 5 heteroatoms. The molecule has 0 spiro atoms. The number of ether oxygens (including phenoxy) is 1. The van der Waals surface area contributed by atoms with Crippen molar-refractivity contribution in [1.82, 2.24) is 0 Å². The van der Waals surface area contributed by atoms with Gasteiger partial charge in [-0.3, -0.25) is 0 Å². The maximum absolute atomic E-state index is 11.0. The molecule has 0 saturated carbocycles. The quantitative estimate of drug-likeness (QED) is 0.458. The lowest BCUT2D eigenvalue weighted by molar-refractivity contribution is -0.528. The molecule has 1 aromatic carbocycles. The lowest BCUT2D eigenvalue weighted by Gasteiger charge is -2.04. The highest BCUT2D eigenvalue weighted by Crippen LogP contribution is 2.15. The summed E-state index contributed by atoms with van der Waals surface area (Å²) in [5, 5.41) is 14.7. The van der Waals surface area contributed by atoms with Crippen molar-refractivity contribution < 1.29 is 9.60 Å². The number of nitrogens with one attached hydrogen (secondary N) is 1. The third-order valence-electron chi connectivity index (χ3n) is 1.87. The number of anilines is 1. The van der Waals surface area contributed by atoms with Crippen LogP contribution in [0.25, 0.3) is 0 Å². The minimum Gasteiger partial charge on any atom is -0.696 e. The Morgan fingerprint density at radius 1 is 1.31 bits per heavy atom. The fourth-order valence-electron chi connectivity index (χ4n) is 1.15. The van der Waals surface area contributed by atoms with E-state index in [-0.39, 0.29) is 0 Å². The Morgan fingerprint density at radius 3 is 2.56 bits per heavy atom. The van der Waals surface area contributed by atoms with E-state index in [0.29, 0.717) is 18.0 Å². The summed E-state index contributed by atoms with van der Waals surface area (Å²) in [6.07, 6.45) is 0.776. The molecular formula is C11H17N3O2. The summed E-state index contributed by atoms with van der Waals surface area (Å²) in [6, 6.07) is 7.29. The Morgan fingerprint density at radius 2 is 2.00 bits per heavy atom. The largest absolute Gasteiger partial charge is 0.696 e. The van der Waals surface area contributed by atoms with E-state index in [9.17, 15) is 5.21 Å². The van der Waals surface area contributed by atoms with Crippen molar-refractivity contribution in [1.29, 1.82) is 0 Å². The second-order valence-corrected chi connectivity index (χ2v) is 3.24. The number of hydrogen-bond acceptors (Lipinski definition) is 3. The SMILES string of the molecule is CCC[N+]([O-])=NNc1ccc(OCC)cc1. The van der Waals surface area contributed by atoms with Crippen LogP contribution in [-0.4, -0.2) is 18.0 Å². The van der Waals surface area contributed by atoms with Gasteiger partial charge in [0.1, 0.15) is 18.0 Å². The third kappa shape index (κ3) is 4.16. The summed E-state index contributed by atoms with van der Waals surface area (Å²) in [4.78, 5) is 0.635. The Labute approximate surface area is 95.3 Å². The monoisotopic (exact) mass is 223 g/mol. The molecule has 0 aliphatic heterocycles. The summed E-state index contributed by atoms with van der Waals surface area (Å²) in [5.41, 5.74) is 3.45. The van der Waals surface area contributed by atoms with Crippen LogP contribution in [0.3, 0.4) is 0 Å². The zero-order chi connectivity index (χ0) is 11.8. The van der Waals surface area contributed by atoms with Gasteiger partial charge in [-0.15, -0.1) is 5.43 Å².